The Morgan fingerprint density at radius 2 is 2.43 bits per heavy atom. The third-order valence-electron chi connectivity index (χ3n) is 1.40. The second-order valence-electron chi connectivity index (χ2n) is 2.45. The van der Waals surface area contributed by atoms with E-state index in [1.165, 1.54) is 6.42 Å². The third kappa shape index (κ3) is 1.14. The maximum atomic E-state index is 5.67. The fourth-order valence-electron chi connectivity index (χ4n) is 0.918. The lowest BCUT2D eigenvalue weighted by Crippen LogP contribution is -2.45. The van der Waals surface area contributed by atoms with Gasteiger partial charge in [0.2, 0.25) is 0 Å². The predicted octanol–water partition coefficient (Wildman–Crippen LogP) is 0.0447. The van der Waals surface area contributed by atoms with Crippen molar-refractivity contribution < 1.29 is 0 Å². The van der Waals surface area contributed by atoms with Gasteiger partial charge in [-0.25, -0.2) is 0 Å². The molecule has 3 N–H and O–H groups in total. The van der Waals surface area contributed by atoms with Crippen molar-refractivity contribution in [1.29, 1.82) is 0 Å². The van der Waals surface area contributed by atoms with Gasteiger partial charge < -0.3 is 5.73 Å². The van der Waals surface area contributed by atoms with Crippen LogP contribution in [0, 0.1) is 0 Å². The van der Waals surface area contributed by atoms with Crippen LogP contribution in [-0.4, -0.2) is 12.2 Å². The zero-order chi connectivity index (χ0) is 5.33. The molecule has 1 fully saturated rings. The summed E-state index contributed by atoms with van der Waals surface area (Å²) in [6, 6.07) is 0. The van der Waals surface area contributed by atoms with Crippen LogP contribution in [0.15, 0.2) is 0 Å². The van der Waals surface area contributed by atoms with Gasteiger partial charge in [-0.2, -0.15) is 0 Å². The van der Waals surface area contributed by atoms with E-state index in [1.54, 1.807) is 0 Å². The standard InChI is InChI=1S/C5H12N2/c1-5(6)3-2-4-7-5/h7H,2-4,6H2,1H3/t5-/m0/s1. The van der Waals surface area contributed by atoms with Crippen molar-refractivity contribution in [3.8, 4) is 0 Å². The minimum atomic E-state index is -0.0556. The topological polar surface area (TPSA) is 38.0 Å². The molecule has 1 aliphatic heterocycles. The first-order valence-electron chi connectivity index (χ1n) is 2.75. The summed E-state index contributed by atoms with van der Waals surface area (Å²) in [6.07, 6.45) is 2.35. The van der Waals surface area contributed by atoms with Crippen LogP contribution in [0.1, 0.15) is 19.8 Å². The van der Waals surface area contributed by atoms with E-state index in [2.05, 4.69) is 5.32 Å². The Kier molecular flexibility index (Phi) is 1.05. The molecule has 1 atom stereocenters. The van der Waals surface area contributed by atoms with Crippen LogP contribution in [0.2, 0.25) is 0 Å². The summed E-state index contributed by atoms with van der Waals surface area (Å²) >= 11 is 0. The molecule has 0 unspecified atom stereocenters. The van der Waals surface area contributed by atoms with Gasteiger partial charge in [-0.1, -0.05) is 0 Å². The fraction of sp³-hybridized carbons (Fsp3) is 1.00. The Morgan fingerprint density at radius 1 is 1.71 bits per heavy atom. The normalized spacial score (nSPS) is 42.0. The molecule has 1 saturated heterocycles. The van der Waals surface area contributed by atoms with Gasteiger partial charge in [-0.3, -0.25) is 5.32 Å². The lowest BCUT2D eigenvalue weighted by atomic mass is 10.2. The molecule has 0 amide bonds. The minimum absolute atomic E-state index is 0.0556. The minimum Gasteiger partial charge on any atom is -0.314 e. The van der Waals surface area contributed by atoms with Crippen LogP contribution >= 0.6 is 0 Å². The predicted molar refractivity (Wildman–Crippen MR) is 29.8 cm³/mol. The molecular weight excluding hydrogens is 88.1 g/mol. The number of hydrogen-bond acceptors (Lipinski definition) is 2. The van der Waals surface area contributed by atoms with E-state index in [9.17, 15) is 0 Å². The monoisotopic (exact) mass is 100 g/mol. The largest absolute Gasteiger partial charge is 0.314 e. The summed E-state index contributed by atoms with van der Waals surface area (Å²) in [6.45, 7) is 3.12. The average molecular weight is 100 g/mol. The Morgan fingerprint density at radius 3 is 2.57 bits per heavy atom. The Balaban J connectivity index is 2.40. The molecule has 0 aromatic heterocycles. The molecule has 2 nitrogen and oxygen atoms in total. The van der Waals surface area contributed by atoms with Crippen molar-refractivity contribution in [2.24, 2.45) is 5.73 Å². The number of rotatable bonds is 0. The number of nitrogens with one attached hydrogen (secondary N) is 1. The summed E-state index contributed by atoms with van der Waals surface area (Å²) in [5.74, 6) is 0. The highest BCUT2D eigenvalue weighted by Gasteiger charge is 2.21. The lowest BCUT2D eigenvalue weighted by Gasteiger charge is -2.15. The van der Waals surface area contributed by atoms with E-state index in [1.807, 2.05) is 6.92 Å². The zero-order valence-corrected chi connectivity index (χ0v) is 4.70. The molecule has 0 spiro atoms. The molecule has 1 aliphatic rings. The zero-order valence-electron chi connectivity index (χ0n) is 4.70. The maximum absolute atomic E-state index is 5.67. The molecule has 0 radical (unpaired) electrons. The first-order valence-corrected chi connectivity index (χ1v) is 2.75. The van der Waals surface area contributed by atoms with Crippen molar-refractivity contribution in [1.82, 2.24) is 5.32 Å². The summed E-state index contributed by atoms with van der Waals surface area (Å²) in [4.78, 5) is 0. The molecule has 0 saturated carbocycles. The van der Waals surface area contributed by atoms with Crippen molar-refractivity contribution in [2.75, 3.05) is 6.54 Å². The molecule has 42 valence electrons. The number of hydrogen-bond donors (Lipinski definition) is 2. The molecule has 1 rings (SSSR count). The van der Waals surface area contributed by atoms with Gasteiger partial charge in [0.1, 0.15) is 0 Å². The molecular formula is C5H12N2. The van der Waals surface area contributed by atoms with Crippen molar-refractivity contribution in [3.05, 3.63) is 0 Å². The van der Waals surface area contributed by atoms with E-state index in [0.717, 1.165) is 13.0 Å². The van der Waals surface area contributed by atoms with E-state index in [-0.39, 0.29) is 5.66 Å². The SMILES string of the molecule is C[C@@]1(N)CCCN1. The first kappa shape index (κ1) is 5.06. The van der Waals surface area contributed by atoms with Crippen LogP contribution in [-0.2, 0) is 0 Å². The van der Waals surface area contributed by atoms with E-state index >= 15 is 0 Å². The highest BCUT2D eigenvalue weighted by atomic mass is 15.1. The highest BCUT2D eigenvalue weighted by Crippen LogP contribution is 2.10. The first-order chi connectivity index (χ1) is 3.21. The molecule has 0 aliphatic carbocycles. The van der Waals surface area contributed by atoms with Gasteiger partial charge >= 0.3 is 0 Å². The van der Waals surface area contributed by atoms with E-state index < -0.39 is 0 Å². The van der Waals surface area contributed by atoms with Gasteiger partial charge in [0, 0.05) is 0 Å². The van der Waals surface area contributed by atoms with E-state index in [0.29, 0.717) is 0 Å². The average Bonchev–Trinajstić information content (AvgIpc) is 1.84. The second-order valence-corrected chi connectivity index (χ2v) is 2.45. The lowest BCUT2D eigenvalue weighted by molar-refractivity contribution is 0.433. The molecule has 0 bridgehead atoms. The molecule has 0 aromatic rings. The quantitative estimate of drug-likeness (QED) is 0.451. The Bertz CT molecular complexity index is 60.5. The maximum Gasteiger partial charge on any atom is 0.0633 e. The molecule has 2 heteroatoms. The van der Waals surface area contributed by atoms with E-state index in [4.69, 9.17) is 5.73 Å². The summed E-state index contributed by atoms with van der Waals surface area (Å²) < 4.78 is 0. The second kappa shape index (κ2) is 1.46. The van der Waals surface area contributed by atoms with Gasteiger partial charge in [0.15, 0.2) is 0 Å². The smallest absolute Gasteiger partial charge is 0.0633 e. The van der Waals surface area contributed by atoms with Crippen LogP contribution in [0.4, 0.5) is 0 Å². The molecule has 1 heterocycles. The van der Waals surface area contributed by atoms with Crippen LogP contribution in [0.5, 0.6) is 0 Å². The van der Waals surface area contributed by atoms with Gasteiger partial charge in [0.05, 0.1) is 5.66 Å². The summed E-state index contributed by atoms with van der Waals surface area (Å²) in [5, 5.41) is 3.17. The number of nitrogens with two attached hydrogens (primary N) is 1. The van der Waals surface area contributed by atoms with Crippen molar-refractivity contribution >= 4 is 0 Å². The fourth-order valence-corrected chi connectivity index (χ4v) is 0.918. The van der Waals surface area contributed by atoms with Crippen LogP contribution in [0.25, 0.3) is 0 Å². The van der Waals surface area contributed by atoms with Crippen LogP contribution in [0.3, 0.4) is 0 Å². The van der Waals surface area contributed by atoms with Crippen LogP contribution < -0.4 is 11.1 Å². The van der Waals surface area contributed by atoms with Crippen molar-refractivity contribution in [2.45, 2.75) is 25.4 Å². The van der Waals surface area contributed by atoms with Crippen molar-refractivity contribution in [3.63, 3.8) is 0 Å². The molecule has 7 heavy (non-hydrogen) atoms. The Hall–Kier alpha value is -0.0800. The summed E-state index contributed by atoms with van der Waals surface area (Å²) in [5.41, 5.74) is 5.61. The Labute approximate surface area is 44.1 Å². The molecule has 0 aromatic carbocycles. The highest BCUT2D eigenvalue weighted by molar-refractivity contribution is 4.81. The van der Waals surface area contributed by atoms with Gasteiger partial charge in [-0.05, 0) is 26.3 Å². The third-order valence-corrected chi connectivity index (χ3v) is 1.40. The summed E-state index contributed by atoms with van der Waals surface area (Å²) in [7, 11) is 0. The van der Waals surface area contributed by atoms with Gasteiger partial charge in [0.25, 0.3) is 0 Å². The van der Waals surface area contributed by atoms with Gasteiger partial charge in [-0.15, -0.1) is 0 Å².